The zero-order chi connectivity index (χ0) is 12.4. The molecule has 0 spiro atoms. The first-order valence-electron chi connectivity index (χ1n) is 6.35. The first-order chi connectivity index (χ1) is 8.81. The van der Waals surface area contributed by atoms with Crippen LogP contribution in [0.15, 0.2) is 36.4 Å². The fourth-order valence-electron chi connectivity index (χ4n) is 1.86. The van der Waals surface area contributed by atoms with Gasteiger partial charge in [0.05, 0.1) is 12.3 Å². The standard InChI is InChI=1S/C15H16N2O/c1-11-16-14(13-5-3-2-4-6-13)9-15(17-11)18-10-12-7-8-12/h2-6,9,12H,7-8,10H2,1H3. The van der Waals surface area contributed by atoms with Gasteiger partial charge in [-0.1, -0.05) is 30.3 Å². The van der Waals surface area contributed by atoms with Gasteiger partial charge < -0.3 is 4.74 Å². The number of hydrogen-bond donors (Lipinski definition) is 0. The number of benzene rings is 1. The van der Waals surface area contributed by atoms with Gasteiger partial charge in [-0.3, -0.25) is 0 Å². The molecule has 2 aromatic rings. The van der Waals surface area contributed by atoms with Crippen LogP contribution >= 0.6 is 0 Å². The highest BCUT2D eigenvalue weighted by Crippen LogP contribution is 2.29. The fourth-order valence-corrected chi connectivity index (χ4v) is 1.86. The molecule has 0 atom stereocenters. The van der Waals surface area contributed by atoms with E-state index in [0.717, 1.165) is 29.6 Å². The van der Waals surface area contributed by atoms with Crippen molar-refractivity contribution >= 4 is 0 Å². The van der Waals surface area contributed by atoms with E-state index in [4.69, 9.17) is 4.74 Å². The monoisotopic (exact) mass is 240 g/mol. The summed E-state index contributed by atoms with van der Waals surface area (Å²) in [5.74, 6) is 2.18. The predicted octanol–water partition coefficient (Wildman–Crippen LogP) is 3.24. The highest BCUT2D eigenvalue weighted by molar-refractivity contribution is 5.59. The fraction of sp³-hybridized carbons (Fsp3) is 0.333. The summed E-state index contributed by atoms with van der Waals surface area (Å²) in [4.78, 5) is 8.78. The largest absolute Gasteiger partial charge is 0.477 e. The van der Waals surface area contributed by atoms with Crippen LogP contribution in [0, 0.1) is 12.8 Å². The van der Waals surface area contributed by atoms with Crippen LogP contribution < -0.4 is 4.74 Å². The van der Waals surface area contributed by atoms with Crippen molar-refractivity contribution in [1.82, 2.24) is 9.97 Å². The van der Waals surface area contributed by atoms with Gasteiger partial charge in [-0.15, -0.1) is 0 Å². The van der Waals surface area contributed by atoms with Crippen LogP contribution in [-0.4, -0.2) is 16.6 Å². The Labute approximate surface area is 107 Å². The lowest BCUT2D eigenvalue weighted by molar-refractivity contribution is 0.287. The van der Waals surface area contributed by atoms with E-state index in [0.29, 0.717) is 5.88 Å². The number of aryl methyl sites for hydroxylation is 1. The van der Waals surface area contributed by atoms with Crippen molar-refractivity contribution in [2.75, 3.05) is 6.61 Å². The summed E-state index contributed by atoms with van der Waals surface area (Å²) in [7, 11) is 0. The zero-order valence-corrected chi connectivity index (χ0v) is 10.5. The normalized spacial score (nSPS) is 14.5. The van der Waals surface area contributed by atoms with E-state index in [9.17, 15) is 0 Å². The molecule has 1 aromatic heterocycles. The Morgan fingerprint density at radius 3 is 2.67 bits per heavy atom. The SMILES string of the molecule is Cc1nc(OCC2CC2)cc(-c2ccccc2)n1. The summed E-state index contributed by atoms with van der Waals surface area (Å²) in [6.07, 6.45) is 2.57. The Morgan fingerprint density at radius 2 is 1.94 bits per heavy atom. The second-order valence-electron chi connectivity index (χ2n) is 4.76. The van der Waals surface area contributed by atoms with Gasteiger partial charge in [0.25, 0.3) is 0 Å². The molecule has 0 radical (unpaired) electrons. The molecule has 1 aliphatic rings. The van der Waals surface area contributed by atoms with Crippen LogP contribution in [0.3, 0.4) is 0 Å². The number of aromatic nitrogens is 2. The van der Waals surface area contributed by atoms with Crippen molar-refractivity contribution in [3.05, 3.63) is 42.2 Å². The van der Waals surface area contributed by atoms with Crippen molar-refractivity contribution in [3.63, 3.8) is 0 Å². The Balaban J connectivity index is 1.85. The van der Waals surface area contributed by atoms with Gasteiger partial charge in [0.15, 0.2) is 0 Å². The molecule has 1 fully saturated rings. The highest BCUT2D eigenvalue weighted by atomic mass is 16.5. The Morgan fingerprint density at radius 1 is 1.17 bits per heavy atom. The highest BCUT2D eigenvalue weighted by Gasteiger charge is 2.22. The van der Waals surface area contributed by atoms with Crippen LogP contribution in [0.25, 0.3) is 11.3 Å². The number of nitrogens with zero attached hydrogens (tertiary/aromatic N) is 2. The Bertz CT molecular complexity index is 535. The maximum Gasteiger partial charge on any atom is 0.217 e. The van der Waals surface area contributed by atoms with Gasteiger partial charge in [-0.25, -0.2) is 4.98 Å². The summed E-state index contributed by atoms with van der Waals surface area (Å²) in [5.41, 5.74) is 2.02. The molecular weight excluding hydrogens is 224 g/mol. The lowest BCUT2D eigenvalue weighted by Crippen LogP contribution is -2.03. The molecule has 3 nitrogen and oxygen atoms in total. The average Bonchev–Trinajstić information content (AvgIpc) is 3.21. The molecule has 1 heterocycles. The maximum atomic E-state index is 5.72. The molecule has 3 heteroatoms. The molecule has 0 aliphatic heterocycles. The minimum atomic E-state index is 0.688. The quantitative estimate of drug-likeness (QED) is 0.823. The van der Waals surface area contributed by atoms with E-state index >= 15 is 0 Å². The van der Waals surface area contributed by atoms with Gasteiger partial charge in [0.2, 0.25) is 5.88 Å². The maximum absolute atomic E-state index is 5.72. The Kier molecular flexibility index (Phi) is 2.97. The van der Waals surface area contributed by atoms with Crippen molar-refractivity contribution < 1.29 is 4.74 Å². The van der Waals surface area contributed by atoms with Crippen LogP contribution in [0.1, 0.15) is 18.7 Å². The summed E-state index contributed by atoms with van der Waals surface area (Å²) in [5, 5.41) is 0. The molecule has 1 aliphatic carbocycles. The first-order valence-corrected chi connectivity index (χ1v) is 6.35. The first kappa shape index (κ1) is 11.2. The predicted molar refractivity (Wildman–Crippen MR) is 70.4 cm³/mol. The van der Waals surface area contributed by atoms with E-state index in [2.05, 4.69) is 9.97 Å². The molecule has 0 unspecified atom stereocenters. The van der Waals surface area contributed by atoms with Crippen molar-refractivity contribution in [2.45, 2.75) is 19.8 Å². The molecule has 92 valence electrons. The van der Waals surface area contributed by atoms with Gasteiger partial charge in [-0.05, 0) is 25.7 Å². The summed E-state index contributed by atoms with van der Waals surface area (Å²) in [6, 6.07) is 12.0. The molecule has 0 bridgehead atoms. The van der Waals surface area contributed by atoms with Crippen molar-refractivity contribution in [3.8, 4) is 17.1 Å². The third-order valence-electron chi connectivity index (χ3n) is 3.05. The van der Waals surface area contributed by atoms with Crippen molar-refractivity contribution in [2.24, 2.45) is 5.92 Å². The minimum absolute atomic E-state index is 0.688. The summed E-state index contributed by atoms with van der Waals surface area (Å²) >= 11 is 0. The van der Waals surface area contributed by atoms with E-state index in [1.165, 1.54) is 12.8 Å². The minimum Gasteiger partial charge on any atom is -0.477 e. The Hall–Kier alpha value is -1.90. The third kappa shape index (κ3) is 2.67. The second-order valence-corrected chi connectivity index (χ2v) is 4.76. The van der Waals surface area contributed by atoms with E-state index in [1.54, 1.807) is 0 Å². The lowest BCUT2D eigenvalue weighted by Gasteiger charge is -2.07. The number of ether oxygens (including phenoxy) is 1. The molecule has 3 rings (SSSR count). The van der Waals surface area contributed by atoms with Gasteiger partial charge in [0.1, 0.15) is 5.82 Å². The van der Waals surface area contributed by atoms with E-state index in [1.807, 2.05) is 43.3 Å². The van der Waals surface area contributed by atoms with Crippen LogP contribution in [0.2, 0.25) is 0 Å². The average molecular weight is 240 g/mol. The third-order valence-corrected chi connectivity index (χ3v) is 3.05. The molecule has 1 aromatic carbocycles. The van der Waals surface area contributed by atoms with Gasteiger partial charge in [-0.2, -0.15) is 4.98 Å². The van der Waals surface area contributed by atoms with Crippen LogP contribution in [0.5, 0.6) is 5.88 Å². The molecule has 0 amide bonds. The number of hydrogen-bond acceptors (Lipinski definition) is 3. The van der Waals surface area contributed by atoms with E-state index < -0.39 is 0 Å². The smallest absolute Gasteiger partial charge is 0.217 e. The number of rotatable bonds is 4. The molecule has 18 heavy (non-hydrogen) atoms. The molecule has 0 N–H and O–H groups in total. The zero-order valence-electron chi connectivity index (χ0n) is 10.5. The molecule has 1 saturated carbocycles. The summed E-state index contributed by atoms with van der Waals surface area (Å²) in [6.45, 7) is 2.68. The van der Waals surface area contributed by atoms with E-state index in [-0.39, 0.29) is 0 Å². The molecular formula is C15H16N2O. The topological polar surface area (TPSA) is 35.0 Å². The summed E-state index contributed by atoms with van der Waals surface area (Å²) < 4.78 is 5.72. The van der Waals surface area contributed by atoms with Gasteiger partial charge >= 0.3 is 0 Å². The lowest BCUT2D eigenvalue weighted by atomic mass is 10.1. The van der Waals surface area contributed by atoms with Crippen molar-refractivity contribution in [1.29, 1.82) is 0 Å². The second kappa shape index (κ2) is 4.77. The van der Waals surface area contributed by atoms with Crippen LogP contribution in [-0.2, 0) is 0 Å². The van der Waals surface area contributed by atoms with Crippen LogP contribution in [0.4, 0.5) is 0 Å². The molecule has 0 saturated heterocycles. The van der Waals surface area contributed by atoms with Gasteiger partial charge in [0, 0.05) is 11.6 Å².